The van der Waals surface area contributed by atoms with E-state index in [0.29, 0.717) is 39.1 Å². The first-order valence-electron chi connectivity index (χ1n) is 19.4. The Kier molecular flexibility index (Phi) is 8.92. The van der Waals surface area contributed by atoms with Crippen molar-refractivity contribution in [3.05, 3.63) is 179 Å². The zero-order valence-electron chi connectivity index (χ0n) is 31.2. The Morgan fingerprint density at radius 1 is 0.754 bits per heavy atom. The summed E-state index contributed by atoms with van der Waals surface area (Å²) >= 11 is 0. The number of Topliss-reactive ketones (excluding diaryl/α,β-unsaturated/α-hetero) is 1. The summed E-state index contributed by atoms with van der Waals surface area (Å²) in [6.07, 6.45) is 3.79. The SMILES string of the molecule is CCOc1cccc(C2C3=CCC4C(=O)N(c5ccc(C(=O)c6ccccc6)cc5)C(=O)C4C3CC3C(=O)C(c4ccccc4)=CC(=O)C32c2ccccc2)c1O. The van der Waals surface area contributed by atoms with Crippen molar-refractivity contribution in [2.24, 2.45) is 23.7 Å². The first-order chi connectivity index (χ1) is 27.7. The van der Waals surface area contributed by atoms with Gasteiger partial charge in [-0.3, -0.25) is 28.9 Å². The lowest BCUT2D eigenvalue weighted by molar-refractivity contribution is -0.135. The molecule has 6 unspecified atom stereocenters. The predicted molar refractivity (Wildman–Crippen MR) is 215 cm³/mol. The van der Waals surface area contributed by atoms with Crippen LogP contribution >= 0.6 is 0 Å². The molecule has 5 aromatic carbocycles. The zero-order valence-corrected chi connectivity index (χ0v) is 31.2. The van der Waals surface area contributed by atoms with Gasteiger partial charge >= 0.3 is 0 Å². The summed E-state index contributed by atoms with van der Waals surface area (Å²) in [5.74, 6) is -5.29. The molecular weight excluding hydrogens is 715 g/mol. The first kappa shape index (κ1) is 36.0. The minimum absolute atomic E-state index is 0.135. The quantitative estimate of drug-likeness (QED) is 0.0968. The number of phenolic OH excluding ortho intramolecular Hbond substituents is 1. The molecule has 8 heteroatoms. The minimum Gasteiger partial charge on any atom is -0.504 e. The molecule has 5 aromatic rings. The van der Waals surface area contributed by atoms with Crippen LogP contribution in [0.3, 0.4) is 0 Å². The van der Waals surface area contributed by atoms with E-state index in [0.717, 1.165) is 5.57 Å². The van der Waals surface area contributed by atoms with E-state index >= 15 is 9.59 Å². The van der Waals surface area contributed by atoms with Crippen molar-refractivity contribution in [1.29, 1.82) is 0 Å². The molecule has 8 nitrogen and oxygen atoms in total. The summed E-state index contributed by atoms with van der Waals surface area (Å²) in [7, 11) is 0. The number of fused-ring (bicyclic) bond motifs is 4. The Balaban J connectivity index is 1.19. The third kappa shape index (κ3) is 5.53. The number of phenols is 1. The zero-order chi connectivity index (χ0) is 39.4. The van der Waals surface area contributed by atoms with Crippen molar-refractivity contribution < 1.29 is 33.8 Å². The molecule has 1 saturated heterocycles. The van der Waals surface area contributed by atoms with Crippen LogP contribution in [0.1, 0.15) is 58.3 Å². The Morgan fingerprint density at radius 2 is 1.40 bits per heavy atom. The van der Waals surface area contributed by atoms with Gasteiger partial charge in [0.2, 0.25) is 11.8 Å². The van der Waals surface area contributed by atoms with Crippen molar-refractivity contribution in [3.8, 4) is 11.5 Å². The van der Waals surface area contributed by atoms with Gasteiger partial charge in [0, 0.05) is 34.1 Å². The lowest BCUT2D eigenvalue weighted by atomic mass is 9.44. The number of benzene rings is 5. The molecule has 4 aliphatic rings. The summed E-state index contributed by atoms with van der Waals surface area (Å²) < 4.78 is 5.85. The Morgan fingerprint density at radius 3 is 2.09 bits per heavy atom. The lowest BCUT2D eigenvalue weighted by Crippen LogP contribution is -2.58. The molecule has 2 amide bonds. The maximum absolute atomic E-state index is 15.3. The molecular formula is C49H39NO7. The van der Waals surface area contributed by atoms with Crippen molar-refractivity contribution in [3.63, 3.8) is 0 Å². The van der Waals surface area contributed by atoms with E-state index in [1.807, 2.05) is 79.7 Å². The highest BCUT2D eigenvalue weighted by Gasteiger charge is 2.66. The van der Waals surface area contributed by atoms with Crippen LogP contribution in [0.5, 0.6) is 11.5 Å². The molecule has 6 atom stereocenters. The lowest BCUT2D eigenvalue weighted by Gasteiger charge is -2.55. The van der Waals surface area contributed by atoms with Crippen LogP contribution < -0.4 is 9.64 Å². The van der Waals surface area contributed by atoms with Crippen molar-refractivity contribution >= 4 is 40.4 Å². The fourth-order valence-corrected chi connectivity index (χ4v) is 10.0. The van der Waals surface area contributed by atoms with Crippen LogP contribution in [0.25, 0.3) is 5.57 Å². The van der Waals surface area contributed by atoms with Gasteiger partial charge < -0.3 is 9.84 Å². The van der Waals surface area contributed by atoms with Gasteiger partial charge in [-0.1, -0.05) is 115 Å². The number of imide groups is 1. The summed E-state index contributed by atoms with van der Waals surface area (Å²) in [5, 5.41) is 12.0. The standard InChI is InChI=1S/C49H39NO7/c1-2-57-40-20-12-19-36(46(40)54)43-34-25-26-35-42(48(56)50(47(35)55)33-23-21-31(22-24-33)44(52)30-15-8-4-9-16-30)38(34)27-39-45(53)37(29-13-6-3-7-14-29)28-41(51)49(39,43)32-17-10-5-11-18-32/h3-25,28,35,38-39,42-43,54H,2,26-27H2,1H3. The van der Waals surface area contributed by atoms with E-state index in [-0.39, 0.29) is 54.2 Å². The molecule has 2 fully saturated rings. The van der Waals surface area contributed by atoms with Crippen molar-refractivity contribution in [2.75, 3.05) is 11.5 Å². The fraction of sp³-hybridized carbons (Fsp3) is 0.204. The number of aromatic hydroxyl groups is 1. The number of allylic oxidation sites excluding steroid dienone is 4. The molecule has 1 saturated carbocycles. The Hall–Kier alpha value is -6.67. The van der Waals surface area contributed by atoms with Gasteiger partial charge in [0.25, 0.3) is 0 Å². The normalized spacial score (nSPS) is 25.2. The molecule has 9 rings (SSSR count). The number of hydrogen-bond acceptors (Lipinski definition) is 7. The van der Waals surface area contributed by atoms with E-state index in [2.05, 4.69) is 0 Å². The largest absolute Gasteiger partial charge is 0.504 e. The summed E-state index contributed by atoms with van der Waals surface area (Å²) in [4.78, 5) is 74.0. The molecule has 0 aromatic heterocycles. The van der Waals surface area contributed by atoms with Gasteiger partial charge in [-0.25, -0.2) is 0 Å². The topological polar surface area (TPSA) is 118 Å². The summed E-state index contributed by atoms with van der Waals surface area (Å²) in [6.45, 7) is 2.11. The van der Waals surface area contributed by atoms with Gasteiger partial charge in [-0.15, -0.1) is 0 Å². The second-order valence-electron chi connectivity index (χ2n) is 15.2. The third-order valence-corrected chi connectivity index (χ3v) is 12.4. The van der Waals surface area contributed by atoms with Crippen molar-refractivity contribution in [1.82, 2.24) is 0 Å². The van der Waals surface area contributed by atoms with Crippen LogP contribution in [0, 0.1) is 23.7 Å². The second kappa shape index (κ2) is 14.1. The number of rotatable bonds is 8. The van der Waals surface area contributed by atoms with Crippen LogP contribution in [0.15, 0.2) is 151 Å². The van der Waals surface area contributed by atoms with Crippen LogP contribution in [0.2, 0.25) is 0 Å². The van der Waals surface area contributed by atoms with Crippen LogP contribution in [-0.2, 0) is 24.6 Å². The molecule has 0 bridgehead atoms. The average Bonchev–Trinajstić information content (AvgIpc) is 3.51. The monoisotopic (exact) mass is 753 g/mol. The summed E-state index contributed by atoms with van der Waals surface area (Å²) in [6, 6.07) is 39.0. The number of ketones is 3. The molecule has 3 aliphatic carbocycles. The molecule has 0 radical (unpaired) electrons. The number of carbonyl (C=O) groups excluding carboxylic acids is 5. The van der Waals surface area contributed by atoms with E-state index in [1.54, 1.807) is 66.7 Å². The fourth-order valence-electron chi connectivity index (χ4n) is 10.0. The first-order valence-corrected chi connectivity index (χ1v) is 19.4. The van der Waals surface area contributed by atoms with E-state index in [1.165, 1.54) is 11.0 Å². The van der Waals surface area contributed by atoms with E-state index in [4.69, 9.17) is 4.74 Å². The number of para-hydroxylation sites is 1. The second-order valence-corrected chi connectivity index (χ2v) is 15.2. The molecule has 1 heterocycles. The Bertz CT molecular complexity index is 2510. The number of amides is 2. The van der Waals surface area contributed by atoms with Crippen molar-refractivity contribution in [2.45, 2.75) is 31.1 Å². The average molecular weight is 754 g/mol. The highest BCUT2D eigenvalue weighted by Crippen LogP contribution is 2.65. The van der Waals surface area contributed by atoms with Gasteiger partial charge in [0.1, 0.15) is 0 Å². The highest BCUT2D eigenvalue weighted by molar-refractivity contribution is 6.32. The molecule has 1 N–H and O–H groups in total. The molecule has 0 spiro atoms. The van der Waals surface area contributed by atoms with Crippen LogP contribution in [-0.4, -0.2) is 40.9 Å². The van der Waals surface area contributed by atoms with Gasteiger partial charge in [0.05, 0.1) is 29.5 Å². The highest BCUT2D eigenvalue weighted by atomic mass is 16.5. The van der Waals surface area contributed by atoms with E-state index < -0.39 is 40.9 Å². The third-order valence-electron chi connectivity index (χ3n) is 12.4. The molecule has 1 aliphatic heterocycles. The number of hydrogen-bond donors (Lipinski definition) is 1. The molecule has 282 valence electrons. The van der Waals surface area contributed by atoms with E-state index in [9.17, 15) is 19.5 Å². The Labute approximate surface area is 330 Å². The van der Waals surface area contributed by atoms with Crippen LogP contribution in [0.4, 0.5) is 5.69 Å². The maximum atomic E-state index is 15.3. The number of ether oxygens (including phenoxy) is 1. The smallest absolute Gasteiger partial charge is 0.238 e. The predicted octanol–water partition coefficient (Wildman–Crippen LogP) is 8.05. The summed E-state index contributed by atoms with van der Waals surface area (Å²) in [5.41, 5.74) is 2.52. The number of carbonyl (C=O) groups is 5. The molecule has 57 heavy (non-hydrogen) atoms. The minimum atomic E-state index is -1.49. The number of anilines is 1. The van der Waals surface area contributed by atoms with Gasteiger partial charge in [-0.05, 0) is 73.2 Å². The maximum Gasteiger partial charge on any atom is 0.238 e. The number of nitrogens with zero attached hydrogens (tertiary/aromatic N) is 1. The van der Waals surface area contributed by atoms with Gasteiger partial charge in [0.15, 0.2) is 28.8 Å². The van der Waals surface area contributed by atoms with Gasteiger partial charge in [-0.2, -0.15) is 0 Å².